The van der Waals surface area contributed by atoms with Gasteiger partial charge in [0.25, 0.3) is 0 Å². The molecule has 1 saturated carbocycles. The van der Waals surface area contributed by atoms with Crippen molar-refractivity contribution in [3.63, 3.8) is 0 Å². The summed E-state index contributed by atoms with van der Waals surface area (Å²) in [5.74, 6) is 0.884. The summed E-state index contributed by atoms with van der Waals surface area (Å²) in [5.41, 5.74) is 0. The summed E-state index contributed by atoms with van der Waals surface area (Å²) in [6.07, 6.45) is 7.92. The fourth-order valence-electron chi connectivity index (χ4n) is 4.58. The van der Waals surface area contributed by atoms with Gasteiger partial charge in [0.05, 0.1) is 38.0 Å². The van der Waals surface area contributed by atoms with Gasteiger partial charge in [0.2, 0.25) is 11.8 Å². The van der Waals surface area contributed by atoms with Crippen molar-refractivity contribution in [2.45, 2.75) is 19.3 Å². The van der Waals surface area contributed by atoms with Crippen LogP contribution in [-0.2, 0) is 9.59 Å². The monoisotopic (exact) mass is 261 g/mol. The number of likely N-dealkylation sites (tertiary alicyclic amines) is 2. The highest BCUT2D eigenvalue weighted by Crippen LogP contribution is 2.52. The average molecular weight is 261 g/mol. The molecule has 2 saturated heterocycles. The highest BCUT2D eigenvalue weighted by atomic mass is 16.2. The minimum atomic E-state index is -0.0175. The van der Waals surface area contributed by atoms with Crippen LogP contribution in [0.15, 0.2) is 12.2 Å². The molecule has 2 heterocycles. The Labute approximate surface area is 113 Å². The number of fused-ring (bicyclic) bond motifs is 5. The zero-order valence-corrected chi connectivity index (χ0v) is 11.2. The smallest absolute Gasteiger partial charge is 0.233 e. The maximum atomic E-state index is 12.5. The quantitative estimate of drug-likeness (QED) is 0.548. The van der Waals surface area contributed by atoms with Gasteiger partial charge in [-0.05, 0) is 18.3 Å². The first-order valence-electron chi connectivity index (χ1n) is 7.63. The Morgan fingerprint density at radius 2 is 1.63 bits per heavy atom. The summed E-state index contributed by atoms with van der Waals surface area (Å²) in [6, 6.07) is 0. The van der Waals surface area contributed by atoms with E-state index in [2.05, 4.69) is 12.2 Å². The second-order valence-corrected chi connectivity index (χ2v) is 6.54. The molecule has 0 aromatic rings. The third-order valence-electron chi connectivity index (χ3n) is 5.56. The number of hydrogen-bond donors (Lipinski definition) is 1. The van der Waals surface area contributed by atoms with Crippen LogP contribution in [0.25, 0.3) is 0 Å². The first kappa shape index (κ1) is 11.6. The molecule has 2 bridgehead atoms. The van der Waals surface area contributed by atoms with E-state index >= 15 is 0 Å². The Morgan fingerprint density at radius 3 is 2.21 bits per heavy atom. The first-order chi connectivity index (χ1) is 9.25. The molecule has 4 nitrogen and oxygen atoms in total. The third-order valence-corrected chi connectivity index (χ3v) is 5.56. The lowest BCUT2D eigenvalue weighted by Gasteiger charge is -2.19. The number of hydrogen-bond acceptors (Lipinski definition) is 2. The van der Waals surface area contributed by atoms with E-state index in [1.807, 2.05) is 0 Å². The van der Waals surface area contributed by atoms with Crippen molar-refractivity contribution >= 4 is 11.8 Å². The molecule has 19 heavy (non-hydrogen) atoms. The Hall–Kier alpha value is -1.16. The number of quaternary nitrogens is 1. The molecular weight excluding hydrogens is 240 g/mol. The van der Waals surface area contributed by atoms with Crippen molar-refractivity contribution in [1.29, 1.82) is 0 Å². The van der Waals surface area contributed by atoms with Crippen LogP contribution in [0.2, 0.25) is 0 Å². The molecule has 0 aromatic heterocycles. The highest BCUT2D eigenvalue weighted by molar-refractivity contribution is 6.06. The second-order valence-electron chi connectivity index (χ2n) is 6.54. The molecule has 3 fully saturated rings. The topological polar surface area (TPSA) is 41.8 Å². The fraction of sp³-hybridized carbons (Fsp3) is 0.733. The van der Waals surface area contributed by atoms with Crippen molar-refractivity contribution in [3.05, 3.63) is 12.2 Å². The number of carbonyl (C=O) groups is 2. The van der Waals surface area contributed by atoms with E-state index in [4.69, 9.17) is 0 Å². The molecule has 4 heteroatoms. The van der Waals surface area contributed by atoms with E-state index in [0.717, 1.165) is 13.0 Å². The lowest BCUT2D eigenvalue weighted by Crippen LogP contribution is -3.10. The predicted molar refractivity (Wildman–Crippen MR) is 69.2 cm³/mol. The van der Waals surface area contributed by atoms with Crippen LogP contribution in [-0.4, -0.2) is 42.9 Å². The molecule has 102 valence electrons. The molecule has 4 atom stereocenters. The number of imide groups is 1. The van der Waals surface area contributed by atoms with Gasteiger partial charge in [-0.15, -0.1) is 0 Å². The van der Waals surface area contributed by atoms with Crippen molar-refractivity contribution in [2.75, 3.05) is 26.2 Å². The second kappa shape index (κ2) is 4.17. The molecule has 2 amide bonds. The van der Waals surface area contributed by atoms with Crippen LogP contribution in [0.3, 0.4) is 0 Å². The number of carbonyl (C=O) groups excluding carboxylic acids is 2. The molecule has 2 aliphatic heterocycles. The summed E-state index contributed by atoms with van der Waals surface area (Å²) in [4.78, 5) is 28.0. The van der Waals surface area contributed by atoms with Gasteiger partial charge in [-0.25, -0.2) is 0 Å². The third kappa shape index (κ3) is 1.62. The van der Waals surface area contributed by atoms with E-state index in [0.29, 0.717) is 18.4 Å². The minimum absolute atomic E-state index is 0.0175. The van der Waals surface area contributed by atoms with Crippen LogP contribution < -0.4 is 4.90 Å². The lowest BCUT2D eigenvalue weighted by molar-refractivity contribution is -0.886. The Balaban J connectivity index is 1.46. The lowest BCUT2D eigenvalue weighted by atomic mass is 9.85. The van der Waals surface area contributed by atoms with Gasteiger partial charge in [0, 0.05) is 12.8 Å². The van der Waals surface area contributed by atoms with Gasteiger partial charge in [-0.3, -0.25) is 14.5 Å². The number of rotatable bonds is 3. The molecule has 0 unspecified atom stereocenters. The van der Waals surface area contributed by atoms with Crippen molar-refractivity contribution in [3.8, 4) is 0 Å². The maximum Gasteiger partial charge on any atom is 0.233 e. The van der Waals surface area contributed by atoms with Gasteiger partial charge in [0.15, 0.2) is 0 Å². The molecular formula is C15H21N2O2+. The van der Waals surface area contributed by atoms with Gasteiger partial charge in [-0.1, -0.05) is 12.2 Å². The normalized spacial score (nSPS) is 40.7. The minimum Gasteiger partial charge on any atom is -0.333 e. The summed E-state index contributed by atoms with van der Waals surface area (Å²) in [7, 11) is 0. The number of nitrogens with one attached hydrogen (secondary N) is 1. The predicted octanol–water partition coefficient (Wildman–Crippen LogP) is -0.528. The SMILES string of the molecule is O=C1[C@@H]2[C@@H](C(=O)N1CC[NH+]1CCCC1)[C@H]1C=C[C@@H]2C1. The van der Waals surface area contributed by atoms with Crippen molar-refractivity contribution in [2.24, 2.45) is 23.7 Å². The molecule has 1 N–H and O–H groups in total. The van der Waals surface area contributed by atoms with E-state index in [-0.39, 0.29) is 23.7 Å². The highest BCUT2D eigenvalue weighted by Gasteiger charge is 2.59. The van der Waals surface area contributed by atoms with Crippen molar-refractivity contribution < 1.29 is 14.5 Å². The molecule has 0 radical (unpaired) electrons. The van der Waals surface area contributed by atoms with Gasteiger partial charge < -0.3 is 4.90 Å². The first-order valence-corrected chi connectivity index (χ1v) is 7.63. The van der Waals surface area contributed by atoms with Crippen LogP contribution in [0, 0.1) is 23.7 Å². The fourth-order valence-corrected chi connectivity index (χ4v) is 4.58. The van der Waals surface area contributed by atoms with Gasteiger partial charge in [0.1, 0.15) is 0 Å². The molecule has 2 aliphatic carbocycles. The average Bonchev–Trinajstić information content (AvgIpc) is 3.14. The van der Waals surface area contributed by atoms with E-state index in [1.165, 1.54) is 25.9 Å². The van der Waals surface area contributed by atoms with Crippen LogP contribution in [0.1, 0.15) is 19.3 Å². The standard InChI is InChI=1S/C15H20N2O2/c18-14-12-10-3-4-11(9-10)13(12)15(19)17(14)8-7-16-5-1-2-6-16/h3-4,10-13H,1-2,5-9H2/p+1/t10-,11+,12-,13-/m0/s1. The molecule has 4 aliphatic rings. The number of amides is 2. The van der Waals surface area contributed by atoms with Crippen LogP contribution >= 0.6 is 0 Å². The summed E-state index contributed by atoms with van der Waals surface area (Å²) in [5, 5.41) is 0. The zero-order chi connectivity index (χ0) is 13.0. The van der Waals surface area contributed by atoms with E-state index in [9.17, 15) is 9.59 Å². The molecule has 0 spiro atoms. The number of nitrogens with zero attached hydrogens (tertiary/aromatic N) is 1. The van der Waals surface area contributed by atoms with Gasteiger partial charge in [-0.2, -0.15) is 0 Å². The zero-order valence-electron chi connectivity index (χ0n) is 11.2. The Bertz CT molecular complexity index is 423. The number of allylic oxidation sites excluding steroid dienone is 2. The van der Waals surface area contributed by atoms with Crippen LogP contribution in [0.5, 0.6) is 0 Å². The summed E-state index contributed by atoms with van der Waals surface area (Å²) >= 11 is 0. The summed E-state index contributed by atoms with van der Waals surface area (Å²) in [6.45, 7) is 3.99. The van der Waals surface area contributed by atoms with E-state index in [1.54, 1.807) is 9.80 Å². The Kier molecular flexibility index (Phi) is 2.56. The van der Waals surface area contributed by atoms with Gasteiger partial charge >= 0.3 is 0 Å². The van der Waals surface area contributed by atoms with Crippen molar-refractivity contribution in [1.82, 2.24) is 4.90 Å². The molecule has 4 rings (SSSR count). The van der Waals surface area contributed by atoms with E-state index < -0.39 is 0 Å². The Morgan fingerprint density at radius 1 is 1.05 bits per heavy atom. The van der Waals surface area contributed by atoms with Crippen LogP contribution in [0.4, 0.5) is 0 Å². The molecule has 0 aromatic carbocycles. The summed E-state index contributed by atoms with van der Waals surface area (Å²) < 4.78 is 0. The maximum absolute atomic E-state index is 12.5. The largest absolute Gasteiger partial charge is 0.333 e.